The number of benzene rings is 1. The molecule has 2 heterocycles. The van der Waals surface area contributed by atoms with Crippen molar-refractivity contribution in [2.24, 2.45) is 7.05 Å². The van der Waals surface area contributed by atoms with Crippen LogP contribution in [0.3, 0.4) is 0 Å². The zero-order valence-electron chi connectivity index (χ0n) is 10.3. The normalized spacial score (nSPS) is 10.9. The Kier molecular flexibility index (Phi) is 3.39. The van der Waals surface area contributed by atoms with Crippen LogP contribution in [0.1, 0.15) is 0 Å². The van der Waals surface area contributed by atoms with Crippen molar-refractivity contribution in [2.45, 2.75) is 0 Å². The van der Waals surface area contributed by atoms with Crippen molar-refractivity contribution < 1.29 is 9.52 Å². The summed E-state index contributed by atoms with van der Waals surface area (Å²) in [6.07, 6.45) is 0. The lowest BCUT2D eigenvalue weighted by molar-refractivity contribution is 0.473. The van der Waals surface area contributed by atoms with Gasteiger partial charge in [0.05, 0.1) is 14.6 Å². The fourth-order valence-electron chi connectivity index (χ4n) is 1.84. The maximum Gasteiger partial charge on any atom is 0.264 e. The molecular weight excluding hydrogens is 390 g/mol. The molecule has 0 bridgehead atoms. The summed E-state index contributed by atoms with van der Waals surface area (Å²) in [4.78, 5) is 0. The first-order valence-electron chi connectivity index (χ1n) is 5.71. The van der Waals surface area contributed by atoms with E-state index < -0.39 is 0 Å². The van der Waals surface area contributed by atoms with Gasteiger partial charge in [0.15, 0.2) is 0 Å². The van der Waals surface area contributed by atoms with Crippen LogP contribution in [0.5, 0.6) is 5.75 Å². The van der Waals surface area contributed by atoms with Gasteiger partial charge >= 0.3 is 0 Å². The van der Waals surface area contributed by atoms with E-state index in [4.69, 9.17) is 4.42 Å². The molecule has 0 saturated heterocycles. The van der Waals surface area contributed by atoms with Crippen LogP contribution >= 0.6 is 31.9 Å². The van der Waals surface area contributed by atoms with E-state index in [-0.39, 0.29) is 11.6 Å². The average Bonchev–Trinajstić information content (AvgIpc) is 3.00. The second-order valence-corrected chi connectivity index (χ2v) is 5.76. The van der Waals surface area contributed by atoms with Gasteiger partial charge in [0.2, 0.25) is 0 Å². The Morgan fingerprint density at radius 3 is 2.50 bits per heavy atom. The Morgan fingerprint density at radius 2 is 1.85 bits per heavy atom. The number of phenolic OH excluding ortho intramolecular Hbond substituents is 1. The Bertz CT molecular complexity index is 780. The highest BCUT2D eigenvalue weighted by Gasteiger charge is 2.17. The summed E-state index contributed by atoms with van der Waals surface area (Å²) < 4.78 is 9.31. The third kappa shape index (κ3) is 2.16. The van der Waals surface area contributed by atoms with Crippen molar-refractivity contribution in [1.82, 2.24) is 14.8 Å². The average molecular weight is 399 g/mol. The van der Waals surface area contributed by atoms with Crippen molar-refractivity contribution in [3.05, 3.63) is 39.4 Å². The molecule has 0 spiro atoms. The molecule has 0 aliphatic carbocycles. The lowest BCUT2D eigenvalue weighted by Gasteiger charge is -1.99. The fourth-order valence-corrected chi connectivity index (χ4v) is 2.63. The molecule has 0 aliphatic rings. The van der Waals surface area contributed by atoms with Crippen molar-refractivity contribution in [3.8, 4) is 28.8 Å². The van der Waals surface area contributed by atoms with Crippen LogP contribution in [0, 0.1) is 0 Å². The highest BCUT2D eigenvalue weighted by molar-refractivity contribution is 9.13. The molecule has 3 aromatic rings. The lowest BCUT2D eigenvalue weighted by Crippen LogP contribution is -1.91. The molecule has 0 amide bonds. The first kappa shape index (κ1) is 13.4. The van der Waals surface area contributed by atoms with Gasteiger partial charge in [0.25, 0.3) is 11.8 Å². The van der Waals surface area contributed by atoms with Gasteiger partial charge in [-0.15, -0.1) is 10.2 Å². The van der Waals surface area contributed by atoms with Gasteiger partial charge in [-0.25, -0.2) is 0 Å². The van der Waals surface area contributed by atoms with Gasteiger partial charge in [-0.1, -0.05) is 12.1 Å². The van der Waals surface area contributed by atoms with Gasteiger partial charge in [0, 0.05) is 7.05 Å². The minimum Gasteiger partial charge on any atom is -0.507 e. The molecule has 0 saturated carbocycles. The van der Waals surface area contributed by atoms with E-state index in [1.165, 1.54) is 0 Å². The number of nitrogens with zero attached hydrogens (tertiary/aromatic N) is 3. The van der Waals surface area contributed by atoms with Crippen LogP contribution in [0.25, 0.3) is 23.0 Å². The number of phenols is 1. The molecule has 2 aromatic heterocycles. The summed E-state index contributed by atoms with van der Waals surface area (Å²) in [5.74, 6) is 0.778. The van der Waals surface area contributed by atoms with E-state index in [1.54, 1.807) is 24.3 Å². The zero-order valence-corrected chi connectivity index (χ0v) is 13.5. The Morgan fingerprint density at radius 1 is 1.15 bits per heavy atom. The lowest BCUT2D eigenvalue weighted by atomic mass is 10.2. The van der Waals surface area contributed by atoms with Gasteiger partial charge in [0.1, 0.15) is 11.4 Å². The number of halogens is 2. The number of rotatable bonds is 2. The van der Waals surface area contributed by atoms with Crippen molar-refractivity contribution >= 4 is 31.9 Å². The minimum atomic E-state index is 0.108. The number of hydrogen-bond donors (Lipinski definition) is 1. The number of aromatic hydroxyl groups is 1. The van der Waals surface area contributed by atoms with E-state index in [0.29, 0.717) is 11.5 Å². The standard InChI is InChI=1S/C13H9Br2N3O2/c1-18-9(6-8(14)11(18)15)13-17-16-12(20-13)7-4-2-3-5-10(7)19/h2-6,19H,1H3. The quantitative estimate of drug-likeness (QED) is 0.709. The molecule has 0 aliphatic heterocycles. The highest BCUT2D eigenvalue weighted by Crippen LogP contribution is 2.34. The second kappa shape index (κ2) is 5.06. The van der Waals surface area contributed by atoms with Gasteiger partial charge in [-0.3, -0.25) is 0 Å². The van der Waals surface area contributed by atoms with Gasteiger partial charge in [-0.2, -0.15) is 0 Å². The monoisotopic (exact) mass is 397 g/mol. The zero-order chi connectivity index (χ0) is 14.3. The maximum absolute atomic E-state index is 9.80. The minimum absolute atomic E-state index is 0.108. The number of hydrogen-bond acceptors (Lipinski definition) is 4. The van der Waals surface area contributed by atoms with Crippen LogP contribution in [0.15, 0.2) is 43.8 Å². The molecule has 1 N–H and O–H groups in total. The summed E-state index contributed by atoms with van der Waals surface area (Å²) >= 11 is 6.88. The summed E-state index contributed by atoms with van der Waals surface area (Å²) in [5, 5.41) is 17.8. The molecule has 102 valence electrons. The van der Waals surface area contributed by atoms with Crippen molar-refractivity contribution in [3.63, 3.8) is 0 Å². The predicted molar refractivity (Wildman–Crippen MR) is 81.2 cm³/mol. The summed E-state index contributed by atoms with van der Waals surface area (Å²) in [6, 6.07) is 8.72. The SMILES string of the molecule is Cn1c(-c2nnc(-c3ccccc3O)o2)cc(Br)c1Br. The van der Waals surface area contributed by atoms with E-state index in [9.17, 15) is 5.11 Å². The molecule has 7 heteroatoms. The number of para-hydroxylation sites is 1. The third-order valence-electron chi connectivity index (χ3n) is 2.89. The smallest absolute Gasteiger partial charge is 0.264 e. The first-order chi connectivity index (χ1) is 9.58. The van der Waals surface area contributed by atoms with E-state index in [2.05, 4.69) is 42.1 Å². The summed E-state index contributed by atoms with van der Waals surface area (Å²) in [5.41, 5.74) is 1.29. The van der Waals surface area contributed by atoms with Crippen molar-refractivity contribution in [2.75, 3.05) is 0 Å². The first-order valence-corrected chi connectivity index (χ1v) is 7.29. The largest absolute Gasteiger partial charge is 0.507 e. The molecule has 0 unspecified atom stereocenters. The Hall–Kier alpha value is -1.60. The van der Waals surface area contributed by atoms with Crippen LogP contribution in [-0.4, -0.2) is 19.9 Å². The van der Waals surface area contributed by atoms with Crippen LogP contribution in [-0.2, 0) is 7.05 Å². The van der Waals surface area contributed by atoms with Crippen LogP contribution in [0.2, 0.25) is 0 Å². The number of aromatic nitrogens is 3. The Balaban J connectivity index is 2.07. The topological polar surface area (TPSA) is 64.1 Å². The second-order valence-electron chi connectivity index (χ2n) is 4.16. The molecule has 0 radical (unpaired) electrons. The van der Waals surface area contributed by atoms with E-state index in [1.807, 2.05) is 17.7 Å². The predicted octanol–water partition coefficient (Wildman–Crippen LogP) is 3.97. The summed E-state index contributed by atoms with van der Waals surface area (Å²) in [6.45, 7) is 0. The molecule has 0 atom stereocenters. The van der Waals surface area contributed by atoms with Gasteiger partial charge in [-0.05, 0) is 50.1 Å². The highest BCUT2D eigenvalue weighted by atomic mass is 79.9. The summed E-state index contributed by atoms with van der Waals surface area (Å²) in [7, 11) is 1.88. The van der Waals surface area contributed by atoms with Crippen molar-refractivity contribution in [1.29, 1.82) is 0 Å². The van der Waals surface area contributed by atoms with E-state index in [0.717, 1.165) is 14.8 Å². The van der Waals surface area contributed by atoms with Crippen LogP contribution in [0.4, 0.5) is 0 Å². The maximum atomic E-state index is 9.80. The molecule has 5 nitrogen and oxygen atoms in total. The fraction of sp³-hybridized carbons (Fsp3) is 0.0769. The molecule has 0 fully saturated rings. The van der Waals surface area contributed by atoms with Crippen LogP contribution < -0.4 is 0 Å². The molecular formula is C13H9Br2N3O2. The molecule has 20 heavy (non-hydrogen) atoms. The van der Waals surface area contributed by atoms with E-state index >= 15 is 0 Å². The molecule has 1 aromatic carbocycles. The Labute approximate surface area is 131 Å². The molecule has 3 rings (SSSR count). The van der Waals surface area contributed by atoms with Gasteiger partial charge < -0.3 is 14.1 Å². The third-order valence-corrected chi connectivity index (χ3v) is 4.99.